The number of esters is 2. The lowest BCUT2D eigenvalue weighted by Gasteiger charge is -2.30. The minimum atomic E-state index is -0.562. The van der Waals surface area contributed by atoms with Crippen LogP contribution in [0.4, 0.5) is 0 Å². The fourth-order valence-corrected chi connectivity index (χ4v) is 17.7. The molecule has 7 heteroatoms. The summed E-state index contributed by atoms with van der Waals surface area (Å²) < 4.78 is 10.2. The molecule has 0 saturated heterocycles. The molecule has 15 aromatic rings. The van der Waals surface area contributed by atoms with Gasteiger partial charge in [-0.1, -0.05) is 231 Å². The molecule has 0 radical (unpaired) electrons. The van der Waals surface area contributed by atoms with Gasteiger partial charge in [-0.3, -0.25) is 0 Å². The zero-order chi connectivity index (χ0) is 60.4. The maximum atomic E-state index is 12.7. The molecule has 0 fully saturated rings. The molecular formula is C84H50N2O4S. The van der Waals surface area contributed by atoms with Gasteiger partial charge in [0, 0.05) is 21.9 Å². The van der Waals surface area contributed by atoms with E-state index >= 15 is 0 Å². The number of hydrogen-bond donors (Lipinski definition) is 0. The first kappa shape index (κ1) is 51.6. The largest absolute Gasteiger partial charge is 0.465 e. The Labute approximate surface area is 528 Å². The van der Waals surface area contributed by atoms with E-state index in [9.17, 15) is 9.59 Å². The van der Waals surface area contributed by atoms with Gasteiger partial charge in [-0.15, -0.1) is 11.3 Å². The third kappa shape index (κ3) is 6.80. The summed E-state index contributed by atoms with van der Waals surface area (Å²) in [6.07, 6.45) is 0. The molecule has 0 atom stereocenters. The second-order valence-corrected chi connectivity index (χ2v) is 25.3. The highest BCUT2D eigenvalue weighted by molar-refractivity contribution is 7.21. The zero-order valence-electron chi connectivity index (χ0n) is 49.3. The van der Waals surface area contributed by atoms with E-state index in [4.69, 9.17) is 19.4 Å². The van der Waals surface area contributed by atoms with Crippen LogP contribution in [-0.4, -0.2) is 36.1 Å². The lowest BCUT2D eigenvalue weighted by molar-refractivity contribution is 0.0592. The van der Waals surface area contributed by atoms with Crippen molar-refractivity contribution in [3.63, 3.8) is 0 Å². The number of thiophene rings is 1. The van der Waals surface area contributed by atoms with Crippen molar-refractivity contribution in [3.05, 3.63) is 323 Å². The Morgan fingerprint density at radius 3 is 0.945 bits per heavy atom. The van der Waals surface area contributed by atoms with Crippen LogP contribution < -0.4 is 0 Å². The summed E-state index contributed by atoms with van der Waals surface area (Å²) in [5.74, 6) is -0.768. The summed E-state index contributed by atoms with van der Waals surface area (Å²) >= 11 is 1.80. The number of fused-ring (bicyclic) bond motifs is 27. The van der Waals surface area contributed by atoms with Gasteiger partial charge >= 0.3 is 11.9 Å². The molecule has 2 spiro atoms. The lowest BCUT2D eigenvalue weighted by Crippen LogP contribution is -2.25. The topological polar surface area (TPSA) is 78.4 Å². The molecule has 19 rings (SSSR count). The monoisotopic (exact) mass is 1180 g/mol. The molecule has 0 bridgehead atoms. The summed E-state index contributed by atoms with van der Waals surface area (Å²) in [4.78, 5) is 39.8. The van der Waals surface area contributed by atoms with Crippen LogP contribution in [0.2, 0.25) is 0 Å². The maximum Gasteiger partial charge on any atom is 0.337 e. The van der Waals surface area contributed by atoms with Gasteiger partial charge in [-0.2, -0.15) is 0 Å². The Bertz CT molecular complexity index is 5300. The summed E-state index contributed by atoms with van der Waals surface area (Å²) in [6.45, 7) is 0. The predicted molar refractivity (Wildman–Crippen MR) is 367 cm³/mol. The van der Waals surface area contributed by atoms with E-state index < -0.39 is 10.8 Å². The molecule has 0 saturated carbocycles. The number of ether oxygens (including phenoxy) is 2. The first-order valence-corrected chi connectivity index (χ1v) is 31.6. The van der Waals surface area contributed by atoms with E-state index in [1.54, 1.807) is 11.3 Å². The van der Waals surface area contributed by atoms with E-state index in [0.717, 1.165) is 86.7 Å². The second kappa shape index (κ2) is 19.1. The molecule has 2 heterocycles. The highest BCUT2D eigenvalue weighted by Crippen LogP contribution is 2.67. The van der Waals surface area contributed by atoms with Gasteiger partial charge < -0.3 is 9.47 Å². The van der Waals surface area contributed by atoms with Crippen LogP contribution in [0.25, 0.3) is 131 Å². The number of carbonyl (C=O) groups excluding carboxylic acids is 2. The van der Waals surface area contributed by atoms with Crippen molar-refractivity contribution in [1.29, 1.82) is 0 Å². The van der Waals surface area contributed by atoms with Crippen LogP contribution in [0.5, 0.6) is 0 Å². The number of rotatable bonds is 6. The van der Waals surface area contributed by atoms with Crippen LogP contribution in [0.1, 0.15) is 65.2 Å². The first-order chi connectivity index (χ1) is 44.9. The molecule has 0 aliphatic heterocycles. The highest BCUT2D eigenvalue weighted by Gasteiger charge is 2.54. The molecule has 0 unspecified atom stereocenters. The minimum absolute atomic E-state index is 0.384. The molecule has 0 amide bonds. The van der Waals surface area contributed by atoms with Gasteiger partial charge in [0.2, 0.25) is 0 Å². The van der Waals surface area contributed by atoms with E-state index in [-0.39, 0.29) is 11.9 Å². The van der Waals surface area contributed by atoms with Gasteiger partial charge in [-0.25, -0.2) is 19.6 Å². The SMILES string of the molecule is COC(=O)c1ccc(-c2ccc3c4ccc(-c5ccc(C(=O)OC)cc5)cc4c4nc5c(-c6cccc7c6-c6ccccc6C76c7ccccc7-c7ccccc76)sc(-c6cccc7c6-c6ccccc6C76c7ccccc7-c7ccccc76)c5nc4c3c2)cc1. The Kier molecular flexibility index (Phi) is 10.8. The molecule has 91 heavy (non-hydrogen) atoms. The van der Waals surface area contributed by atoms with Crippen molar-refractivity contribution >= 4 is 66.9 Å². The average Bonchev–Trinajstić information content (AvgIpc) is 1.52. The van der Waals surface area contributed by atoms with E-state index in [1.807, 2.05) is 48.5 Å². The highest BCUT2D eigenvalue weighted by atomic mass is 32.1. The molecule has 2 aromatic heterocycles. The zero-order valence-corrected chi connectivity index (χ0v) is 50.2. The molecule has 0 N–H and O–H groups in total. The first-order valence-electron chi connectivity index (χ1n) is 30.8. The van der Waals surface area contributed by atoms with Gasteiger partial charge in [0.25, 0.3) is 0 Å². The number of methoxy groups -OCH3 is 2. The Morgan fingerprint density at radius 1 is 0.297 bits per heavy atom. The lowest BCUT2D eigenvalue weighted by atomic mass is 9.70. The number of nitrogens with zero attached hydrogens (tertiary/aromatic N) is 2. The van der Waals surface area contributed by atoms with Crippen molar-refractivity contribution in [2.24, 2.45) is 0 Å². The van der Waals surface area contributed by atoms with Gasteiger partial charge in [-0.05, 0) is 158 Å². The summed E-state index contributed by atoms with van der Waals surface area (Å²) in [5, 5.41) is 3.98. The number of hydrogen-bond acceptors (Lipinski definition) is 7. The van der Waals surface area contributed by atoms with Crippen LogP contribution in [0, 0.1) is 0 Å². The number of aromatic nitrogens is 2. The van der Waals surface area contributed by atoms with Crippen molar-refractivity contribution < 1.29 is 19.1 Å². The second-order valence-electron chi connectivity index (χ2n) is 24.3. The van der Waals surface area contributed by atoms with E-state index in [1.165, 1.54) is 103 Å². The van der Waals surface area contributed by atoms with Crippen molar-refractivity contribution in [1.82, 2.24) is 9.97 Å². The fourth-order valence-electron chi connectivity index (χ4n) is 16.5. The third-order valence-corrected chi connectivity index (χ3v) is 21.4. The van der Waals surface area contributed by atoms with Crippen LogP contribution in [0.3, 0.4) is 0 Å². The third-order valence-electron chi connectivity index (χ3n) is 20.2. The molecular weight excluding hydrogens is 1130 g/mol. The van der Waals surface area contributed by atoms with E-state index in [0.29, 0.717) is 11.1 Å². The van der Waals surface area contributed by atoms with E-state index in [2.05, 4.69) is 218 Å². The van der Waals surface area contributed by atoms with Gasteiger partial charge in [0.1, 0.15) is 11.0 Å². The van der Waals surface area contributed by atoms with Crippen LogP contribution in [0.15, 0.2) is 267 Å². The Balaban J connectivity index is 0.942. The normalized spacial score (nSPS) is 13.6. The summed E-state index contributed by atoms with van der Waals surface area (Å²) in [7, 11) is 2.81. The molecule has 4 aliphatic carbocycles. The van der Waals surface area contributed by atoms with Crippen molar-refractivity contribution in [2.45, 2.75) is 10.8 Å². The smallest absolute Gasteiger partial charge is 0.337 e. The van der Waals surface area contributed by atoms with Gasteiger partial charge in [0.05, 0.1) is 57.0 Å². The number of carbonyl (C=O) groups is 2. The quantitative estimate of drug-likeness (QED) is 0.122. The maximum absolute atomic E-state index is 12.7. The average molecular weight is 1180 g/mol. The Morgan fingerprint density at radius 2 is 0.593 bits per heavy atom. The fraction of sp³-hybridized carbons (Fsp3) is 0.0476. The van der Waals surface area contributed by atoms with Crippen LogP contribution >= 0.6 is 11.3 Å². The molecule has 13 aromatic carbocycles. The minimum Gasteiger partial charge on any atom is -0.465 e. The summed E-state index contributed by atoms with van der Waals surface area (Å²) in [6, 6.07) is 96.4. The van der Waals surface area contributed by atoms with Crippen molar-refractivity contribution in [3.8, 4) is 87.6 Å². The Hall–Kier alpha value is -11.4. The van der Waals surface area contributed by atoms with Gasteiger partial charge in [0.15, 0.2) is 0 Å². The molecule has 426 valence electrons. The predicted octanol–water partition coefficient (Wildman–Crippen LogP) is 20.1. The molecule has 4 aliphatic rings. The van der Waals surface area contributed by atoms with Crippen LogP contribution in [-0.2, 0) is 20.3 Å². The number of benzene rings is 13. The summed E-state index contributed by atoms with van der Waals surface area (Å²) in [5.41, 5.74) is 29.2. The standard InChI is InChI=1S/C84H50N2O4S/c1-89-81(87)49-37-33-47(34-38-49)51-41-43-53-54-44-42-52(48-35-39-50(40-36-48)82(88)90-2)46-64(54)76-75(63(53)45-51)85-77-78(86-76)80(62-24-16-32-72-74(62)60-22-8-14-30-70(60)84(72)67-27-11-5-19-57(67)58-20-6-12-28-68(58)84)91-79(77)61-23-15-31-71-73(61)59-21-7-13-29-69(59)83(71)65-25-9-3-17-55(65)56-18-4-10-26-66(56)83/h3-46H,1-2H3. The van der Waals surface area contributed by atoms with Crippen molar-refractivity contribution in [2.75, 3.05) is 14.2 Å². The molecule has 6 nitrogen and oxygen atoms in total.